The zero-order valence-corrected chi connectivity index (χ0v) is 17.7. The fraction of sp³-hybridized carbons (Fsp3) is 0.556. The van der Waals surface area contributed by atoms with Crippen molar-refractivity contribution in [3.05, 3.63) is 58.7 Å². The van der Waals surface area contributed by atoms with Crippen LogP contribution in [0.5, 0.6) is 0 Å². The minimum atomic E-state index is 1.21. The number of benzene rings is 2. The van der Waals surface area contributed by atoms with Crippen molar-refractivity contribution in [1.82, 2.24) is 0 Å². The number of fused-ring (bicyclic) bond motifs is 3. The van der Waals surface area contributed by atoms with Crippen LogP contribution in [0.4, 0.5) is 0 Å². The van der Waals surface area contributed by atoms with Crippen molar-refractivity contribution >= 4 is 0 Å². The lowest BCUT2D eigenvalue weighted by Crippen LogP contribution is -2.05. The normalized spacial score (nSPS) is 12.7. The predicted octanol–water partition coefficient (Wildman–Crippen LogP) is 8.09. The highest BCUT2D eigenvalue weighted by Gasteiger charge is 2.16. The molecule has 2 aromatic carbocycles. The second kappa shape index (κ2) is 10.7. The number of hydrogen-bond donors (Lipinski definition) is 0. The molecule has 0 radical (unpaired) electrons. The first-order chi connectivity index (χ1) is 13.3. The van der Waals surface area contributed by atoms with E-state index in [1.807, 2.05) is 0 Å². The van der Waals surface area contributed by atoms with Gasteiger partial charge in [-0.05, 0) is 71.9 Å². The molecule has 27 heavy (non-hydrogen) atoms. The number of unbranched alkanes of at least 4 members (excludes halogenated alkanes) is 7. The van der Waals surface area contributed by atoms with Gasteiger partial charge in [0.25, 0.3) is 0 Å². The minimum absolute atomic E-state index is 1.21. The summed E-state index contributed by atoms with van der Waals surface area (Å²) in [5, 5.41) is 0. The molecule has 0 unspecified atom stereocenters. The van der Waals surface area contributed by atoms with E-state index in [0.29, 0.717) is 0 Å². The second-order valence-electron chi connectivity index (χ2n) is 8.46. The Bertz CT molecular complexity index is 710. The molecule has 0 saturated heterocycles. The Morgan fingerprint density at radius 3 is 1.48 bits per heavy atom. The van der Waals surface area contributed by atoms with E-state index in [9.17, 15) is 0 Å². The molecule has 0 nitrogen and oxygen atoms in total. The summed E-state index contributed by atoms with van der Waals surface area (Å²) in [4.78, 5) is 0. The summed E-state index contributed by atoms with van der Waals surface area (Å²) in [7, 11) is 0. The van der Waals surface area contributed by atoms with Gasteiger partial charge in [-0.1, -0.05) is 95.2 Å². The van der Waals surface area contributed by atoms with Gasteiger partial charge < -0.3 is 0 Å². The van der Waals surface area contributed by atoms with Gasteiger partial charge in [0.2, 0.25) is 0 Å². The van der Waals surface area contributed by atoms with Crippen molar-refractivity contribution in [2.75, 3.05) is 0 Å². The quantitative estimate of drug-likeness (QED) is 0.354. The molecule has 1 aliphatic carbocycles. The van der Waals surface area contributed by atoms with Gasteiger partial charge in [0.05, 0.1) is 0 Å². The Balaban J connectivity index is 1.62. The van der Waals surface area contributed by atoms with E-state index in [1.165, 1.54) is 100 Å². The van der Waals surface area contributed by atoms with Crippen LogP contribution in [-0.2, 0) is 25.7 Å². The van der Waals surface area contributed by atoms with Crippen molar-refractivity contribution in [3.8, 4) is 11.1 Å². The topological polar surface area (TPSA) is 0 Å². The number of hydrogen-bond acceptors (Lipinski definition) is 0. The van der Waals surface area contributed by atoms with Crippen molar-refractivity contribution in [2.24, 2.45) is 0 Å². The van der Waals surface area contributed by atoms with Crippen molar-refractivity contribution in [2.45, 2.75) is 97.3 Å². The third-order valence-electron chi connectivity index (χ3n) is 6.18. The van der Waals surface area contributed by atoms with E-state index in [2.05, 4.69) is 50.2 Å². The molecule has 0 bridgehead atoms. The number of aryl methyl sites for hydroxylation is 4. The summed E-state index contributed by atoms with van der Waals surface area (Å²) >= 11 is 0. The fourth-order valence-electron chi connectivity index (χ4n) is 4.50. The number of rotatable bonds is 11. The maximum absolute atomic E-state index is 2.50. The highest BCUT2D eigenvalue weighted by Crippen LogP contribution is 2.35. The molecular weight excluding hydrogens is 324 g/mol. The molecule has 0 aromatic heterocycles. The molecule has 146 valence electrons. The van der Waals surface area contributed by atoms with Gasteiger partial charge in [0.15, 0.2) is 0 Å². The van der Waals surface area contributed by atoms with Crippen LogP contribution in [0.25, 0.3) is 11.1 Å². The Hall–Kier alpha value is -1.56. The van der Waals surface area contributed by atoms with Crippen LogP contribution in [0.3, 0.4) is 0 Å². The molecule has 0 heteroatoms. The minimum Gasteiger partial charge on any atom is -0.0654 e. The molecule has 0 atom stereocenters. The van der Waals surface area contributed by atoms with Gasteiger partial charge in [-0.25, -0.2) is 0 Å². The summed E-state index contributed by atoms with van der Waals surface area (Å²) in [6.45, 7) is 4.57. The van der Waals surface area contributed by atoms with E-state index in [-0.39, 0.29) is 0 Å². The monoisotopic (exact) mass is 362 g/mol. The van der Waals surface area contributed by atoms with Crippen molar-refractivity contribution < 1.29 is 0 Å². The van der Waals surface area contributed by atoms with Crippen LogP contribution >= 0.6 is 0 Å². The summed E-state index contributed by atoms with van der Waals surface area (Å²) in [5.74, 6) is 0. The maximum Gasteiger partial charge on any atom is -0.0149 e. The fourth-order valence-corrected chi connectivity index (χ4v) is 4.50. The predicted molar refractivity (Wildman–Crippen MR) is 120 cm³/mol. The summed E-state index contributed by atoms with van der Waals surface area (Å²) in [5.41, 5.74) is 9.21. The molecule has 1 aliphatic rings. The molecule has 0 N–H and O–H groups in total. The molecule has 0 aliphatic heterocycles. The van der Waals surface area contributed by atoms with E-state index >= 15 is 0 Å². The average molecular weight is 363 g/mol. The van der Waals surface area contributed by atoms with Crippen molar-refractivity contribution in [1.29, 1.82) is 0 Å². The lowest BCUT2D eigenvalue weighted by atomic mass is 9.83. The highest BCUT2D eigenvalue weighted by molar-refractivity contribution is 5.73. The Morgan fingerprint density at radius 2 is 1.00 bits per heavy atom. The molecule has 0 spiro atoms. The van der Waals surface area contributed by atoms with E-state index in [4.69, 9.17) is 0 Å². The molecule has 0 saturated carbocycles. The average Bonchev–Trinajstić information content (AvgIpc) is 2.70. The largest absolute Gasteiger partial charge is 0.0654 e. The molecule has 0 amide bonds. The van der Waals surface area contributed by atoms with Crippen LogP contribution in [-0.4, -0.2) is 0 Å². The smallest absolute Gasteiger partial charge is 0.0149 e. The van der Waals surface area contributed by atoms with Gasteiger partial charge >= 0.3 is 0 Å². The standard InChI is InChI=1S/C27H38/c1-3-5-7-9-11-13-23-15-19-27-25(21-23)17-16-24-20-22(14-18-26(24)27)12-10-8-6-4-2/h14-15,18-21H,3-13,16-17H2,1-2H3. The van der Waals surface area contributed by atoms with Gasteiger partial charge in [0, 0.05) is 0 Å². The van der Waals surface area contributed by atoms with Crippen LogP contribution in [0.1, 0.15) is 93.9 Å². The summed E-state index contributed by atoms with van der Waals surface area (Å²) < 4.78 is 0. The third-order valence-corrected chi connectivity index (χ3v) is 6.18. The molecule has 0 heterocycles. The van der Waals surface area contributed by atoms with E-state index in [1.54, 1.807) is 16.7 Å². The second-order valence-corrected chi connectivity index (χ2v) is 8.46. The van der Waals surface area contributed by atoms with Gasteiger partial charge in [-0.15, -0.1) is 0 Å². The molecule has 2 aromatic rings. The zero-order chi connectivity index (χ0) is 18.9. The first-order valence-electron chi connectivity index (χ1n) is 11.6. The maximum atomic E-state index is 2.50. The van der Waals surface area contributed by atoms with E-state index in [0.717, 1.165) is 0 Å². The van der Waals surface area contributed by atoms with Gasteiger partial charge in [-0.2, -0.15) is 0 Å². The third kappa shape index (κ3) is 5.71. The van der Waals surface area contributed by atoms with Crippen molar-refractivity contribution in [3.63, 3.8) is 0 Å². The molecule has 0 fully saturated rings. The summed E-state index contributed by atoms with van der Waals surface area (Å²) in [6, 6.07) is 14.5. The Kier molecular flexibility index (Phi) is 7.99. The van der Waals surface area contributed by atoms with Crippen LogP contribution in [0.2, 0.25) is 0 Å². The first kappa shape index (κ1) is 20.2. The Labute approximate surface area is 167 Å². The first-order valence-corrected chi connectivity index (χ1v) is 11.6. The van der Waals surface area contributed by atoms with E-state index < -0.39 is 0 Å². The van der Waals surface area contributed by atoms with Crippen LogP contribution < -0.4 is 0 Å². The molecular formula is C27H38. The highest BCUT2D eigenvalue weighted by atomic mass is 14.2. The zero-order valence-electron chi connectivity index (χ0n) is 17.7. The van der Waals surface area contributed by atoms with Crippen LogP contribution in [0, 0.1) is 0 Å². The lowest BCUT2D eigenvalue weighted by Gasteiger charge is -2.21. The lowest BCUT2D eigenvalue weighted by molar-refractivity contribution is 0.632. The SMILES string of the molecule is CCCCCCCc1ccc2c(c1)CCc1cc(CCCCCC)ccc1-2. The van der Waals surface area contributed by atoms with Crippen LogP contribution in [0.15, 0.2) is 36.4 Å². The van der Waals surface area contributed by atoms with Gasteiger partial charge in [-0.3, -0.25) is 0 Å². The summed E-state index contributed by atoms with van der Waals surface area (Å²) in [6.07, 6.45) is 17.2. The van der Waals surface area contributed by atoms with Gasteiger partial charge in [0.1, 0.15) is 0 Å². The molecule has 3 rings (SSSR count). The Morgan fingerprint density at radius 1 is 0.556 bits per heavy atom.